The van der Waals surface area contributed by atoms with E-state index in [4.69, 9.17) is 20.6 Å². The molecule has 0 amide bonds. The molecule has 2 unspecified atom stereocenters. The fourth-order valence-corrected chi connectivity index (χ4v) is 2.38. The van der Waals surface area contributed by atoms with Crippen LogP contribution in [0.4, 0.5) is 4.39 Å². The van der Waals surface area contributed by atoms with Crippen molar-refractivity contribution >= 4 is 5.84 Å². The van der Waals surface area contributed by atoms with Gasteiger partial charge in [0.2, 0.25) is 0 Å². The van der Waals surface area contributed by atoms with Gasteiger partial charge in [0.25, 0.3) is 0 Å². The van der Waals surface area contributed by atoms with E-state index in [2.05, 4.69) is 0 Å². The molecule has 1 saturated heterocycles. The minimum absolute atomic E-state index is 0.0450. The third-order valence-corrected chi connectivity index (χ3v) is 3.19. The van der Waals surface area contributed by atoms with Crippen molar-refractivity contribution < 1.29 is 13.9 Å². The van der Waals surface area contributed by atoms with E-state index in [9.17, 15) is 4.39 Å². The Morgan fingerprint density at radius 1 is 1.37 bits per heavy atom. The number of ether oxygens (including phenoxy) is 2. The molecule has 1 aliphatic rings. The van der Waals surface area contributed by atoms with E-state index >= 15 is 0 Å². The standard InChI is InChI=1S/C14H19FN2O2/c1-8-5-11(6-9(2)18-8)19-13-4-3-10(14(16)17)7-12(13)15/h3-4,7-9,11H,5-6H2,1-2H3,(H3,16,17). The highest BCUT2D eigenvalue weighted by Crippen LogP contribution is 2.26. The Bertz CT molecular complexity index is 469. The van der Waals surface area contributed by atoms with Crippen molar-refractivity contribution in [1.82, 2.24) is 0 Å². The molecule has 0 bridgehead atoms. The Morgan fingerprint density at radius 3 is 2.53 bits per heavy atom. The molecular formula is C14H19FN2O2. The van der Waals surface area contributed by atoms with Crippen LogP contribution in [0, 0.1) is 11.2 Å². The van der Waals surface area contributed by atoms with Crippen molar-refractivity contribution in [3.05, 3.63) is 29.6 Å². The number of nitrogen functional groups attached to an aromatic ring is 1. The number of halogens is 1. The highest BCUT2D eigenvalue weighted by Gasteiger charge is 2.26. The van der Waals surface area contributed by atoms with Gasteiger partial charge in [0.1, 0.15) is 11.9 Å². The van der Waals surface area contributed by atoms with Gasteiger partial charge in [0, 0.05) is 18.4 Å². The lowest BCUT2D eigenvalue weighted by Gasteiger charge is -2.32. The van der Waals surface area contributed by atoms with Crippen LogP contribution in [0.5, 0.6) is 5.75 Å². The predicted octanol–water partition coefficient (Wildman–Crippen LogP) is 2.44. The van der Waals surface area contributed by atoms with Gasteiger partial charge >= 0.3 is 0 Å². The Morgan fingerprint density at radius 2 is 2.00 bits per heavy atom. The molecule has 0 spiro atoms. The topological polar surface area (TPSA) is 68.3 Å². The first-order valence-corrected chi connectivity index (χ1v) is 6.41. The highest BCUT2D eigenvalue weighted by molar-refractivity contribution is 5.95. The Balaban J connectivity index is 2.08. The molecule has 0 aliphatic carbocycles. The molecular weight excluding hydrogens is 247 g/mol. The predicted molar refractivity (Wildman–Crippen MR) is 71.1 cm³/mol. The molecule has 0 radical (unpaired) electrons. The average molecular weight is 266 g/mol. The van der Waals surface area contributed by atoms with Gasteiger partial charge < -0.3 is 15.2 Å². The van der Waals surface area contributed by atoms with Crippen molar-refractivity contribution in [3.8, 4) is 5.75 Å². The summed E-state index contributed by atoms with van der Waals surface area (Å²) in [5.41, 5.74) is 5.67. The summed E-state index contributed by atoms with van der Waals surface area (Å²) >= 11 is 0. The maximum absolute atomic E-state index is 13.9. The van der Waals surface area contributed by atoms with Gasteiger partial charge in [-0.3, -0.25) is 5.41 Å². The number of hydrogen-bond acceptors (Lipinski definition) is 3. The number of nitrogens with two attached hydrogens (primary N) is 1. The SMILES string of the molecule is CC1CC(Oc2ccc(C(=N)N)cc2F)CC(C)O1. The number of amidine groups is 1. The second-order valence-corrected chi connectivity index (χ2v) is 5.03. The van der Waals surface area contributed by atoms with Crippen LogP contribution in [-0.2, 0) is 4.74 Å². The minimum atomic E-state index is -0.487. The van der Waals surface area contributed by atoms with Crippen molar-refractivity contribution in [2.24, 2.45) is 5.73 Å². The maximum Gasteiger partial charge on any atom is 0.165 e. The summed E-state index contributed by atoms with van der Waals surface area (Å²) < 4.78 is 25.2. The van der Waals surface area contributed by atoms with E-state index in [0.717, 1.165) is 12.8 Å². The molecule has 5 heteroatoms. The van der Waals surface area contributed by atoms with Gasteiger partial charge in [-0.25, -0.2) is 4.39 Å². The zero-order chi connectivity index (χ0) is 14.0. The summed E-state index contributed by atoms with van der Waals surface area (Å²) in [6.07, 6.45) is 1.69. The lowest BCUT2D eigenvalue weighted by atomic mass is 10.0. The maximum atomic E-state index is 13.9. The summed E-state index contributed by atoms with van der Waals surface area (Å²) in [6, 6.07) is 4.34. The van der Waals surface area contributed by atoms with Crippen LogP contribution in [0.2, 0.25) is 0 Å². The van der Waals surface area contributed by atoms with Crippen molar-refractivity contribution in [1.29, 1.82) is 5.41 Å². The van der Waals surface area contributed by atoms with Crippen LogP contribution in [0.25, 0.3) is 0 Å². The van der Waals surface area contributed by atoms with Crippen LogP contribution in [0.15, 0.2) is 18.2 Å². The van der Waals surface area contributed by atoms with Gasteiger partial charge in [0.15, 0.2) is 11.6 Å². The van der Waals surface area contributed by atoms with Gasteiger partial charge in [-0.05, 0) is 32.0 Å². The Hall–Kier alpha value is -1.62. The third-order valence-electron chi connectivity index (χ3n) is 3.19. The molecule has 2 rings (SSSR count). The van der Waals surface area contributed by atoms with E-state index in [1.54, 1.807) is 6.07 Å². The van der Waals surface area contributed by atoms with E-state index in [1.165, 1.54) is 12.1 Å². The molecule has 0 saturated carbocycles. The summed E-state index contributed by atoms with van der Waals surface area (Å²) in [5.74, 6) is -0.436. The smallest absolute Gasteiger partial charge is 0.165 e. The summed E-state index contributed by atoms with van der Waals surface area (Å²) in [5, 5.41) is 7.26. The summed E-state index contributed by atoms with van der Waals surface area (Å²) in [7, 11) is 0. The molecule has 19 heavy (non-hydrogen) atoms. The minimum Gasteiger partial charge on any atom is -0.487 e. The first-order valence-electron chi connectivity index (χ1n) is 6.41. The first-order chi connectivity index (χ1) is 8.95. The lowest BCUT2D eigenvalue weighted by molar-refractivity contribution is -0.0727. The summed E-state index contributed by atoms with van der Waals surface area (Å²) in [6.45, 7) is 3.97. The van der Waals surface area contributed by atoms with Gasteiger partial charge in [-0.15, -0.1) is 0 Å². The molecule has 104 valence electrons. The van der Waals surface area contributed by atoms with Crippen LogP contribution in [-0.4, -0.2) is 24.1 Å². The fourth-order valence-electron chi connectivity index (χ4n) is 2.38. The molecule has 1 heterocycles. The third kappa shape index (κ3) is 3.44. The molecule has 1 aromatic carbocycles. The molecule has 0 aromatic heterocycles. The van der Waals surface area contributed by atoms with Gasteiger partial charge in [0.05, 0.1) is 12.2 Å². The molecule has 1 fully saturated rings. The van der Waals surface area contributed by atoms with Gasteiger partial charge in [-0.1, -0.05) is 0 Å². The molecule has 4 nitrogen and oxygen atoms in total. The van der Waals surface area contributed by atoms with Crippen LogP contribution in [0.1, 0.15) is 32.3 Å². The highest BCUT2D eigenvalue weighted by atomic mass is 19.1. The van der Waals surface area contributed by atoms with Crippen molar-refractivity contribution in [3.63, 3.8) is 0 Å². The second kappa shape index (κ2) is 5.57. The van der Waals surface area contributed by atoms with Gasteiger partial charge in [-0.2, -0.15) is 0 Å². The average Bonchev–Trinajstić information content (AvgIpc) is 2.30. The number of hydrogen-bond donors (Lipinski definition) is 2. The van der Waals surface area contributed by atoms with Crippen LogP contribution < -0.4 is 10.5 Å². The lowest BCUT2D eigenvalue weighted by Crippen LogP contribution is -2.35. The Kier molecular flexibility index (Phi) is 4.04. The van der Waals surface area contributed by atoms with Crippen molar-refractivity contribution in [2.75, 3.05) is 0 Å². The number of benzene rings is 1. The molecule has 1 aliphatic heterocycles. The number of nitrogens with one attached hydrogen (secondary N) is 1. The Labute approximate surface area is 112 Å². The monoisotopic (exact) mass is 266 g/mol. The van der Waals surface area contributed by atoms with E-state index < -0.39 is 5.82 Å². The molecule has 3 N–H and O–H groups in total. The summed E-state index contributed by atoms with van der Waals surface area (Å²) in [4.78, 5) is 0. The second-order valence-electron chi connectivity index (χ2n) is 5.03. The largest absolute Gasteiger partial charge is 0.487 e. The van der Waals surface area contributed by atoms with Crippen molar-refractivity contribution in [2.45, 2.75) is 45.0 Å². The molecule has 2 atom stereocenters. The van der Waals surface area contributed by atoms with Crippen LogP contribution in [0.3, 0.4) is 0 Å². The van der Waals surface area contributed by atoms with E-state index in [0.29, 0.717) is 5.56 Å². The fraction of sp³-hybridized carbons (Fsp3) is 0.500. The molecule has 1 aromatic rings. The van der Waals surface area contributed by atoms with Crippen LogP contribution >= 0.6 is 0 Å². The van der Waals surface area contributed by atoms with E-state index in [1.807, 2.05) is 13.8 Å². The quantitative estimate of drug-likeness (QED) is 0.652. The normalized spacial score (nSPS) is 27.0. The van der Waals surface area contributed by atoms with E-state index in [-0.39, 0.29) is 29.9 Å². The number of rotatable bonds is 3. The first kappa shape index (κ1) is 13.8. The zero-order valence-corrected chi connectivity index (χ0v) is 11.2. The zero-order valence-electron chi connectivity index (χ0n) is 11.2.